The Labute approximate surface area is 211 Å². The second-order valence-electron chi connectivity index (χ2n) is 7.03. The molecule has 0 spiro atoms. The molecule has 1 amide bonds. The number of hydrazone groups is 1. The molecule has 0 aliphatic carbocycles. The second kappa shape index (κ2) is 12.1. The monoisotopic (exact) mass is 559 g/mol. The van der Waals surface area contributed by atoms with Crippen molar-refractivity contribution in [2.24, 2.45) is 5.10 Å². The molecule has 0 radical (unpaired) electrons. The van der Waals surface area contributed by atoms with Crippen molar-refractivity contribution >= 4 is 49.7 Å². The van der Waals surface area contributed by atoms with Crippen LogP contribution in [0.3, 0.4) is 0 Å². The molecule has 0 bridgehead atoms. The first kappa shape index (κ1) is 25.9. The van der Waals surface area contributed by atoms with Gasteiger partial charge in [-0.2, -0.15) is 5.10 Å². The Balaban J connectivity index is 1.72. The Morgan fingerprint density at radius 2 is 1.74 bits per heavy atom. The van der Waals surface area contributed by atoms with Gasteiger partial charge in [0.05, 0.1) is 23.9 Å². The van der Waals surface area contributed by atoms with Crippen molar-refractivity contribution in [2.45, 2.75) is 4.90 Å². The maximum absolute atomic E-state index is 13.3. The van der Waals surface area contributed by atoms with Crippen LogP contribution in [0.4, 0.5) is 5.69 Å². The fourth-order valence-electron chi connectivity index (χ4n) is 2.87. The first-order valence-electron chi connectivity index (χ1n) is 10.2. The van der Waals surface area contributed by atoms with Crippen LogP contribution in [-0.2, 0) is 24.3 Å². The number of ether oxygens (including phenoxy) is 2. The van der Waals surface area contributed by atoms with E-state index in [4.69, 9.17) is 4.74 Å². The van der Waals surface area contributed by atoms with Gasteiger partial charge in [-0.15, -0.1) is 0 Å². The Kier molecular flexibility index (Phi) is 8.98. The standard InChI is InChI=1S/C24H22BrN3O6S/c1-33-24(30)17-34-21-7-5-6-18(14-21)15-26-27-23(29)16-28(20-12-10-19(25)11-13-20)35(31,32)22-8-3-2-4-9-22/h2-15H,16-17H2,1H3,(H,27,29)/b26-15-. The number of carbonyl (C=O) groups is 2. The van der Waals surface area contributed by atoms with Crippen LogP contribution in [0, 0.1) is 0 Å². The topological polar surface area (TPSA) is 114 Å². The van der Waals surface area contributed by atoms with E-state index in [2.05, 4.69) is 31.2 Å². The summed E-state index contributed by atoms with van der Waals surface area (Å²) >= 11 is 3.32. The van der Waals surface area contributed by atoms with Crippen LogP contribution in [0.25, 0.3) is 0 Å². The van der Waals surface area contributed by atoms with Crippen LogP contribution >= 0.6 is 15.9 Å². The number of esters is 1. The number of nitrogens with zero attached hydrogens (tertiary/aromatic N) is 2. The first-order chi connectivity index (χ1) is 16.8. The van der Waals surface area contributed by atoms with Crippen LogP contribution in [-0.4, -0.2) is 46.8 Å². The van der Waals surface area contributed by atoms with Crippen LogP contribution in [0.2, 0.25) is 0 Å². The van der Waals surface area contributed by atoms with Gasteiger partial charge in [0.15, 0.2) is 6.61 Å². The molecule has 3 aromatic carbocycles. The summed E-state index contributed by atoms with van der Waals surface area (Å²) in [6.45, 7) is -0.728. The summed E-state index contributed by atoms with van der Waals surface area (Å²) in [6, 6.07) is 21.1. The minimum atomic E-state index is -4.01. The van der Waals surface area contributed by atoms with E-state index < -0.39 is 28.4 Å². The van der Waals surface area contributed by atoms with E-state index in [0.29, 0.717) is 17.0 Å². The van der Waals surface area contributed by atoms with Gasteiger partial charge in [0.1, 0.15) is 12.3 Å². The van der Waals surface area contributed by atoms with Crippen molar-refractivity contribution in [1.29, 1.82) is 0 Å². The maximum Gasteiger partial charge on any atom is 0.343 e. The Morgan fingerprint density at radius 1 is 1.03 bits per heavy atom. The molecule has 35 heavy (non-hydrogen) atoms. The van der Waals surface area contributed by atoms with Gasteiger partial charge in [-0.05, 0) is 54.1 Å². The van der Waals surface area contributed by atoms with E-state index >= 15 is 0 Å². The third-order valence-corrected chi connectivity index (χ3v) is 6.90. The van der Waals surface area contributed by atoms with Crippen LogP contribution < -0.4 is 14.5 Å². The molecular weight excluding hydrogens is 538 g/mol. The van der Waals surface area contributed by atoms with Crippen molar-refractivity contribution in [3.05, 3.63) is 88.9 Å². The molecule has 1 N–H and O–H groups in total. The smallest absolute Gasteiger partial charge is 0.343 e. The molecule has 0 atom stereocenters. The van der Waals surface area contributed by atoms with E-state index in [1.807, 2.05) is 0 Å². The lowest BCUT2D eigenvalue weighted by atomic mass is 10.2. The molecule has 0 saturated carbocycles. The SMILES string of the molecule is COC(=O)COc1cccc(/C=N\NC(=O)CN(c2ccc(Br)cc2)S(=O)(=O)c2ccccc2)c1. The summed E-state index contributed by atoms with van der Waals surface area (Å²) in [5.41, 5.74) is 3.26. The summed E-state index contributed by atoms with van der Waals surface area (Å²) in [7, 11) is -2.75. The number of amides is 1. The van der Waals surface area contributed by atoms with Crippen molar-refractivity contribution in [1.82, 2.24) is 5.43 Å². The van der Waals surface area contributed by atoms with Crippen LogP contribution in [0.1, 0.15) is 5.56 Å². The summed E-state index contributed by atoms with van der Waals surface area (Å²) in [5, 5.41) is 3.91. The van der Waals surface area contributed by atoms with Crippen molar-refractivity contribution in [3.63, 3.8) is 0 Å². The number of rotatable bonds is 10. The van der Waals surface area contributed by atoms with E-state index in [1.165, 1.54) is 25.5 Å². The minimum Gasteiger partial charge on any atom is -0.482 e. The van der Waals surface area contributed by atoms with Gasteiger partial charge in [-0.3, -0.25) is 9.10 Å². The third-order valence-electron chi connectivity index (χ3n) is 4.58. The Morgan fingerprint density at radius 3 is 2.43 bits per heavy atom. The van der Waals surface area contributed by atoms with Crippen LogP contribution in [0.5, 0.6) is 5.75 Å². The zero-order valence-corrected chi connectivity index (χ0v) is 21.0. The molecule has 9 nitrogen and oxygen atoms in total. The number of halogens is 1. The molecule has 0 saturated heterocycles. The molecule has 3 rings (SSSR count). The highest BCUT2D eigenvalue weighted by Gasteiger charge is 2.27. The van der Waals surface area contributed by atoms with Crippen molar-refractivity contribution < 1.29 is 27.5 Å². The summed E-state index contributed by atoms with van der Waals surface area (Å²) in [5.74, 6) is -0.736. The minimum absolute atomic E-state index is 0.0583. The quantitative estimate of drug-likeness (QED) is 0.231. The number of nitrogens with one attached hydrogen (secondary N) is 1. The predicted molar refractivity (Wildman–Crippen MR) is 135 cm³/mol. The number of hydrogen-bond donors (Lipinski definition) is 1. The van der Waals surface area contributed by atoms with Gasteiger partial charge in [0.25, 0.3) is 15.9 Å². The van der Waals surface area contributed by atoms with Crippen LogP contribution in [0.15, 0.2) is 93.3 Å². The maximum atomic E-state index is 13.3. The number of benzene rings is 3. The highest BCUT2D eigenvalue weighted by molar-refractivity contribution is 9.10. The lowest BCUT2D eigenvalue weighted by Crippen LogP contribution is -2.39. The first-order valence-corrected chi connectivity index (χ1v) is 12.5. The number of anilines is 1. The molecule has 182 valence electrons. The zero-order valence-electron chi connectivity index (χ0n) is 18.6. The molecule has 0 aliphatic rings. The average molecular weight is 560 g/mol. The summed E-state index contributed by atoms with van der Waals surface area (Å²) in [6.07, 6.45) is 1.37. The molecule has 11 heteroatoms. The summed E-state index contributed by atoms with van der Waals surface area (Å²) in [4.78, 5) is 23.9. The van der Waals surface area contributed by atoms with E-state index in [-0.39, 0.29) is 11.5 Å². The highest BCUT2D eigenvalue weighted by atomic mass is 79.9. The van der Waals surface area contributed by atoms with Gasteiger partial charge in [0.2, 0.25) is 0 Å². The van der Waals surface area contributed by atoms with Crippen molar-refractivity contribution in [3.8, 4) is 5.75 Å². The fourth-order valence-corrected chi connectivity index (χ4v) is 4.58. The van der Waals surface area contributed by atoms with E-state index in [9.17, 15) is 18.0 Å². The summed E-state index contributed by atoms with van der Waals surface area (Å²) < 4.78 is 38.2. The number of hydrogen-bond acceptors (Lipinski definition) is 7. The molecular formula is C24H22BrN3O6S. The van der Waals surface area contributed by atoms with Gasteiger partial charge in [-0.1, -0.05) is 46.3 Å². The fraction of sp³-hybridized carbons (Fsp3) is 0.125. The van der Waals surface area contributed by atoms with Gasteiger partial charge < -0.3 is 9.47 Å². The van der Waals surface area contributed by atoms with Crippen molar-refractivity contribution in [2.75, 3.05) is 24.6 Å². The molecule has 3 aromatic rings. The van der Waals surface area contributed by atoms with E-state index in [0.717, 1.165) is 8.78 Å². The predicted octanol–water partition coefficient (Wildman–Crippen LogP) is 3.35. The number of sulfonamides is 1. The highest BCUT2D eigenvalue weighted by Crippen LogP contribution is 2.25. The molecule has 0 fully saturated rings. The average Bonchev–Trinajstić information content (AvgIpc) is 2.87. The number of methoxy groups -OCH3 is 1. The Bertz CT molecular complexity index is 1300. The number of carbonyl (C=O) groups excluding carboxylic acids is 2. The largest absolute Gasteiger partial charge is 0.482 e. The normalized spacial score (nSPS) is 11.1. The molecule has 0 aliphatic heterocycles. The molecule has 0 aromatic heterocycles. The lowest BCUT2D eigenvalue weighted by Gasteiger charge is -2.23. The zero-order chi connectivity index (χ0) is 25.3. The third kappa shape index (κ3) is 7.39. The molecule has 0 unspecified atom stereocenters. The lowest BCUT2D eigenvalue weighted by molar-refractivity contribution is -0.142. The van der Waals surface area contributed by atoms with Gasteiger partial charge in [-0.25, -0.2) is 18.6 Å². The van der Waals surface area contributed by atoms with E-state index in [1.54, 1.807) is 66.7 Å². The van der Waals surface area contributed by atoms with Gasteiger partial charge >= 0.3 is 5.97 Å². The second-order valence-corrected chi connectivity index (χ2v) is 9.81. The molecule has 0 heterocycles. The van der Waals surface area contributed by atoms with Gasteiger partial charge in [0, 0.05) is 4.47 Å². The Hall–Kier alpha value is -3.70.